The molecule has 0 aromatic carbocycles. The van der Waals surface area contributed by atoms with Crippen molar-refractivity contribution in [1.82, 2.24) is 5.32 Å². The second kappa shape index (κ2) is 6.55. The Morgan fingerprint density at radius 1 is 1.22 bits per heavy atom. The summed E-state index contributed by atoms with van der Waals surface area (Å²) in [6.07, 6.45) is 7.97. The van der Waals surface area contributed by atoms with Gasteiger partial charge in [-0.2, -0.15) is 0 Å². The van der Waals surface area contributed by atoms with Gasteiger partial charge in [-0.1, -0.05) is 33.6 Å². The Balaban J connectivity index is 2.59. The minimum atomic E-state index is -0.354. The smallest absolute Gasteiger partial charge is 0.227 e. The SMILES string of the molecule is CCC1(CNC(=O)C(CC)(CC)CN)CCCC1. The van der Waals surface area contributed by atoms with Crippen LogP contribution in [0.1, 0.15) is 65.7 Å². The van der Waals surface area contributed by atoms with E-state index in [0.29, 0.717) is 12.0 Å². The van der Waals surface area contributed by atoms with Crippen LogP contribution in [0.3, 0.4) is 0 Å². The van der Waals surface area contributed by atoms with Gasteiger partial charge in [-0.15, -0.1) is 0 Å². The Bertz CT molecular complexity index is 257. The van der Waals surface area contributed by atoms with Gasteiger partial charge in [-0.3, -0.25) is 4.79 Å². The molecule has 106 valence electrons. The van der Waals surface area contributed by atoms with Gasteiger partial charge in [0.15, 0.2) is 0 Å². The summed E-state index contributed by atoms with van der Waals surface area (Å²) in [5, 5.41) is 3.19. The molecule has 3 N–H and O–H groups in total. The largest absolute Gasteiger partial charge is 0.355 e. The van der Waals surface area contributed by atoms with Gasteiger partial charge >= 0.3 is 0 Å². The van der Waals surface area contributed by atoms with Crippen molar-refractivity contribution >= 4 is 5.91 Å². The standard InChI is InChI=1S/C15H30N2O/c1-4-14(9-7-8-10-14)12-17-13(18)15(5-2,6-3)11-16/h4-12,16H2,1-3H3,(H,17,18). The maximum absolute atomic E-state index is 12.4. The third-order valence-electron chi connectivity index (χ3n) is 5.26. The van der Waals surface area contributed by atoms with Gasteiger partial charge in [0.1, 0.15) is 0 Å². The van der Waals surface area contributed by atoms with E-state index in [1.807, 2.05) is 0 Å². The van der Waals surface area contributed by atoms with E-state index in [9.17, 15) is 4.79 Å². The monoisotopic (exact) mass is 254 g/mol. The minimum absolute atomic E-state index is 0.162. The first-order chi connectivity index (χ1) is 8.58. The van der Waals surface area contributed by atoms with Crippen LogP contribution in [0.25, 0.3) is 0 Å². The summed E-state index contributed by atoms with van der Waals surface area (Å²) >= 11 is 0. The zero-order valence-electron chi connectivity index (χ0n) is 12.3. The average Bonchev–Trinajstić information content (AvgIpc) is 2.88. The number of carbonyl (C=O) groups excluding carboxylic acids is 1. The molecule has 1 saturated carbocycles. The Hall–Kier alpha value is -0.570. The van der Waals surface area contributed by atoms with Gasteiger partial charge in [0.05, 0.1) is 5.41 Å². The molecule has 1 aliphatic rings. The lowest BCUT2D eigenvalue weighted by Crippen LogP contribution is -2.48. The average molecular weight is 254 g/mol. The number of nitrogens with two attached hydrogens (primary N) is 1. The number of nitrogens with one attached hydrogen (secondary N) is 1. The van der Waals surface area contributed by atoms with Crippen LogP contribution in [0.15, 0.2) is 0 Å². The summed E-state index contributed by atoms with van der Waals surface area (Å²) in [6, 6.07) is 0. The van der Waals surface area contributed by atoms with Crippen LogP contribution in [0, 0.1) is 10.8 Å². The number of amides is 1. The van der Waals surface area contributed by atoms with Gasteiger partial charge in [-0.05, 0) is 37.5 Å². The summed E-state index contributed by atoms with van der Waals surface area (Å²) in [6.45, 7) is 7.64. The fraction of sp³-hybridized carbons (Fsp3) is 0.933. The lowest BCUT2D eigenvalue weighted by Gasteiger charge is -2.33. The van der Waals surface area contributed by atoms with Crippen LogP contribution in [0.2, 0.25) is 0 Å². The van der Waals surface area contributed by atoms with Crippen molar-refractivity contribution in [3.63, 3.8) is 0 Å². The summed E-state index contributed by atoms with van der Waals surface area (Å²) in [4.78, 5) is 12.4. The second-order valence-corrected chi connectivity index (χ2v) is 5.93. The molecule has 1 fully saturated rings. The third kappa shape index (κ3) is 3.05. The fourth-order valence-electron chi connectivity index (χ4n) is 3.19. The Labute approximate surface area is 112 Å². The Kier molecular flexibility index (Phi) is 5.64. The van der Waals surface area contributed by atoms with Crippen molar-refractivity contribution in [2.45, 2.75) is 65.7 Å². The van der Waals surface area contributed by atoms with E-state index in [0.717, 1.165) is 19.4 Å². The van der Waals surface area contributed by atoms with Gasteiger partial charge in [0.2, 0.25) is 5.91 Å². The molecule has 0 unspecified atom stereocenters. The quantitative estimate of drug-likeness (QED) is 0.734. The molecule has 0 aliphatic heterocycles. The predicted octanol–water partition coefficient (Wildman–Crippen LogP) is 2.84. The molecule has 0 radical (unpaired) electrons. The maximum atomic E-state index is 12.4. The molecule has 0 spiro atoms. The predicted molar refractivity (Wildman–Crippen MR) is 76.3 cm³/mol. The fourth-order valence-corrected chi connectivity index (χ4v) is 3.19. The molecule has 1 aliphatic carbocycles. The van der Waals surface area contributed by atoms with Crippen LogP contribution in [0.5, 0.6) is 0 Å². The number of hydrogen-bond donors (Lipinski definition) is 2. The highest BCUT2D eigenvalue weighted by atomic mass is 16.2. The number of hydrogen-bond acceptors (Lipinski definition) is 2. The second-order valence-electron chi connectivity index (χ2n) is 5.93. The van der Waals surface area contributed by atoms with E-state index in [4.69, 9.17) is 5.73 Å². The minimum Gasteiger partial charge on any atom is -0.355 e. The van der Waals surface area contributed by atoms with Crippen molar-refractivity contribution in [3.05, 3.63) is 0 Å². The molecular weight excluding hydrogens is 224 g/mol. The Morgan fingerprint density at radius 2 is 1.78 bits per heavy atom. The van der Waals surface area contributed by atoms with Crippen LogP contribution in [0.4, 0.5) is 0 Å². The first-order valence-electron chi connectivity index (χ1n) is 7.56. The van der Waals surface area contributed by atoms with Gasteiger partial charge in [0.25, 0.3) is 0 Å². The van der Waals surface area contributed by atoms with Gasteiger partial charge in [0, 0.05) is 13.1 Å². The van der Waals surface area contributed by atoms with Crippen molar-refractivity contribution in [2.24, 2.45) is 16.6 Å². The van der Waals surface area contributed by atoms with E-state index >= 15 is 0 Å². The summed E-state index contributed by atoms with van der Waals surface area (Å²) in [5.74, 6) is 0.162. The highest BCUT2D eigenvalue weighted by Gasteiger charge is 2.36. The zero-order valence-corrected chi connectivity index (χ0v) is 12.3. The highest BCUT2D eigenvalue weighted by Crippen LogP contribution is 2.40. The maximum Gasteiger partial charge on any atom is 0.227 e. The van der Waals surface area contributed by atoms with Crippen LogP contribution >= 0.6 is 0 Å². The molecule has 0 atom stereocenters. The molecule has 1 amide bonds. The molecule has 1 rings (SSSR count). The lowest BCUT2D eigenvalue weighted by atomic mass is 9.79. The first kappa shape index (κ1) is 15.5. The van der Waals surface area contributed by atoms with Gasteiger partial charge in [-0.25, -0.2) is 0 Å². The molecule has 0 saturated heterocycles. The topological polar surface area (TPSA) is 55.1 Å². The molecular formula is C15H30N2O. The highest BCUT2D eigenvalue weighted by molar-refractivity contribution is 5.82. The first-order valence-corrected chi connectivity index (χ1v) is 7.56. The van der Waals surface area contributed by atoms with E-state index < -0.39 is 0 Å². The van der Waals surface area contributed by atoms with Crippen molar-refractivity contribution in [1.29, 1.82) is 0 Å². The molecule has 3 nitrogen and oxygen atoms in total. The summed E-state index contributed by atoms with van der Waals surface area (Å²) in [7, 11) is 0. The summed E-state index contributed by atoms with van der Waals surface area (Å²) in [5.41, 5.74) is 5.82. The summed E-state index contributed by atoms with van der Waals surface area (Å²) < 4.78 is 0. The third-order valence-corrected chi connectivity index (χ3v) is 5.26. The Morgan fingerprint density at radius 3 is 2.17 bits per heavy atom. The number of carbonyl (C=O) groups is 1. The molecule has 0 heterocycles. The molecule has 18 heavy (non-hydrogen) atoms. The molecule has 0 aromatic rings. The molecule has 0 aromatic heterocycles. The van der Waals surface area contributed by atoms with E-state index in [2.05, 4.69) is 26.1 Å². The molecule has 3 heteroatoms. The number of rotatable bonds is 7. The normalized spacial score (nSPS) is 18.9. The van der Waals surface area contributed by atoms with Crippen LogP contribution in [-0.2, 0) is 4.79 Å². The molecule has 0 bridgehead atoms. The van der Waals surface area contributed by atoms with Crippen molar-refractivity contribution in [3.8, 4) is 0 Å². The van der Waals surface area contributed by atoms with Crippen molar-refractivity contribution in [2.75, 3.05) is 13.1 Å². The van der Waals surface area contributed by atoms with Crippen LogP contribution < -0.4 is 11.1 Å². The van der Waals surface area contributed by atoms with E-state index in [1.54, 1.807) is 0 Å². The zero-order chi connectivity index (χ0) is 13.6. The van der Waals surface area contributed by atoms with Crippen LogP contribution in [-0.4, -0.2) is 19.0 Å². The van der Waals surface area contributed by atoms with E-state index in [1.165, 1.54) is 32.1 Å². The van der Waals surface area contributed by atoms with E-state index in [-0.39, 0.29) is 11.3 Å². The van der Waals surface area contributed by atoms with Crippen molar-refractivity contribution < 1.29 is 4.79 Å². The van der Waals surface area contributed by atoms with Gasteiger partial charge < -0.3 is 11.1 Å². The lowest BCUT2D eigenvalue weighted by molar-refractivity contribution is -0.131.